The zero-order valence-electron chi connectivity index (χ0n) is 8.66. The van der Waals surface area contributed by atoms with E-state index in [0.717, 1.165) is 0 Å². The maximum absolute atomic E-state index is 11.1. The van der Waals surface area contributed by atoms with Crippen LogP contribution in [0.5, 0.6) is 5.75 Å². The summed E-state index contributed by atoms with van der Waals surface area (Å²) >= 11 is 6.43. The first-order chi connectivity index (χ1) is 7.99. The number of carbonyl (C=O) groups excluding carboxylic acids is 1. The average molecular weight is 361 g/mol. The van der Waals surface area contributed by atoms with Crippen molar-refractivity contribution < 1.29 is 9.90 Å². The third-order valence-electron chi connectivity index (χ3n) is 2.09. The normalized spacial score (nSPS) is 10.5. The highest BCUT2D eigenvalue weighted by atomic mass is 79.9. The van der Waals surface area contributed by atoms with Gasteiger partial charge in [0.15, 0.2) is 17.4 Å². The summed E-state index contributed by atoms with van der Waals surface area (Å²) < 4.78 is 1.05. The minimum Gasteiger partial charge on any atom is -0.506 e. The van der Waals surface area contributed by atoms with Crippen molar-refractivity contribution in [2.45, 2.75) is 6.92 Å². The van der Waals surface area contributed by atoms with Gasteiger partial charge in [0.2, 0.25) is 0 Å². The molecule has 7 heteroatoms. The molecule has 0 aliphatic rings. The number of ketones is 1. The first-order valence-electron chi connectivity index (χ1n) is 4.60. The highest BCUT2D eigenvalue weighted by Crippen LogP contribution is 2.35. The van der Waals surface area contributed by atoms with Gasteiger partial charge in [0.1, 0.15) is 5.75 Å². The Morgan fingerprint density at radius 3 is 2.41 bits per heavy atom. The SMILES string of the molecule is CC(=O)c1nc(-c2cc(Br)c(O)c(Br)c2)n[nH]1. The number of Topliss-reactive ketones (excluding diaryl/α,β-unsaturated/α-hetero) is 1. The molecule has 1 heterocycles. The Hall–Kier alpha value is -1.21. The fourth-order valence-corrected chi connectivity index (χ4v) is 2.43. The number of H-pyrrole nitrogens is 1. The van der Waals surface area contributed by atoms with Gasteiger partial charge >= 0.3 is 0 Å². The van der Waals surface area contributed by atoms with Crippen LogP contribution in [0, 0.1) is 0 Å². The van der Waals surface area contributed by atoms with Gasteiger partial charge in [0.05, 0.1) is 8.95 Å². The predicted molar refractivity (Wildman–Crippen MR) is 68.9 cm³/mol. The molecule has 2 rings (SSSR count). The van der Waals surface area contributed by atoms with Crippen molar-refractivity contribution in [2.24, 2.45) is 0 Å². The number of carbonyl (C=O) groups is 1. The number of aromatic hydroxyl groups is 1. The van der Waals surface area contributed by atoms with Crippen molar-refractivity contribution in [3.8, 4) is 17.1 Å². The molecule has 0 spiro atoms. The molecule has 0 atom stereocenters. The summed E-state index contributed by atoms with van der Waals surface area (Å²) in [7, 11) is 0. The molecule has 0 saturated heterocycles. The maximum atomic E-state index is 11.1. The molecule has 1 aromatic carbocycles. The minimum atomic E-state index is -0.180. The van der Waals surface area contributed by atoms with Gasteiger partial charge in [-0.25, -0.2) is 4.98 Å². The molecule has 2 N–H and O–H groups in total. The lowest BCUT2D eigenvalue weighted by atomic mass is 10.2. The number of aromatic nitrogens is 3. The van der Waals surface area contributed by atoms with E-state index < -0.39 is 0 Å². The molecule has 17 heavy (non-hydrogen) atoms. The highest BCUT2D eigenvalue weighted by molar-refractivity contribution is 9.11. The molecule has 0 radical (unpaired) electrons. The molecular weight excluding hydrogens is 354 g/mol. The largest absolute Gasteiger partial charge is 0.506 e. The molecule has 1 aromatic heterocycles. The van der Waals surface area contributed by atoms with E-state index in [2.05, 4.69) is 47.0 Å². The molecule has 0 unspecified atom stereocenters. The van der Waals surface area contributed by atoms with E-state index in [0.29, 0.717) is 20.3 Å². The lowest BCUT2D eigenvalue weighted by Crippen LogP contribution is -1.94. The van der Waals surface area contributed by atoms with E-state index in [9.17, 15) is 9.90 Å². The fraction of sp³-hybridized carbons (Fsp3) is 0.100. The molecule has 0 amide bonds. The number of phenols is 1. The second kappa shape index (κ2) is 4.58. The Labute approximate surface area is 114 Å². The number of rotatable bonds is 2. The zero-order chi connectivity index (χ0) is 12.6. The third-order valence-corrected chi connectivity index (χ3v) is 3.30. The highest BCUT2D eigenvalue weighted by Gasteiger charge is 2.12. The van der Waals surface area contributed by atoms with Crippen molar-refractivity contribution in [2.75, 3.05) is 0 Å². The summed E-state index contributed by atoms with van der Waals surface area (Å²) in [6.07, 6.45) is 0. The van der Waals surface area contributed by atoms with Crippen LogP contribution in [0.4, 0.5) is 0 Å². The molecule has 0 aliphatic carbocycles. The van der Waals surface area contributed by atoms with Gasteiger partial charge in [-0.15, -0.1) is 0 Å². The molecule has 5 nitrogen and oxygen atoms in total. The number of nitrogens with one attached hydrogen (secondary N) is 1. The average Bonchev–Trinajstić information content (AvgIpc) is 2.74. The minimum absolute atomic E-state index is 0.107. The van der Waals surface area contributed by atoms with E-state index >= 15 is 0 Å². The van der Waals surface area contributed by atoms with E-state index in [1.54, 1.807) is 12.1 Å². The summed E-state index contributed by atoms with van der Waals surface area (Å²) in [4.78, 5) is 15.1. The number of nitrogens with zero attached hydrogens (tertiary/aromatic N) is 2. The Kier molecular flexibility index (Phi) is 3.30. The summed E-state index contributed by atoms with van der Waals surface area (Å²) in [5.41, 5.74) is 0.685. The lowest BCUT2D eigenvalue weighted by molar-refractivity contribution is 0.100. The Morgan fingerprint density at radius 1 is 1.35 bits per heavy atom. The van der Waals surface area contributed by atoms with Crippen molar-refractivity contribution in [1.29, 1.82) is 0 Å². The van der Waals surface area contributed by atoms with Gasteiger partial charge < -0.3 is 5.11 Å². The Morgan fingerprint density at radius 2 is 1.94 bits per heavy atom. The van der Waals surface area contributed by atoms with Gasteiger partial charge in [-0.3, -0.25) is 9.89 Å². The number of aromatic amines is 1. The van der Waals surface area contributed by atoms with Crippen molar-refractivity contribution in [1.82, 2.24) is 15.2 Å². The first kappa shape index (κ1) is 12.3. The van der Waals surface area contributed by atoms with Gasteiger partial charge in [-0.1, -0.05) is 0 Å². The summed E-state index contributed by atoms with van der Waals surface area (Å²) in [6.45, 7) is 1.41. The third kappa shape index (κ3) is 2.39. The van der Waals surface area contributed by atoms with Gasteiger partial charge in [-0.05, 0) is 44.0 Å². The van der Waals surface area contributed by atoms with E-state index in [-0.39, 0.29) is 17.4 Å². The molecule has 0 saturated carbocycles. The van der Waals surface area contributed by atoms with Crippen LogP contribution >= 0.6 is 31.9 Å². The smallest absolute Gasteiger partial charge is 0.196 e. The zero-order valence-corrected chi connectivity index (χ0v) is 11.8. The number of benzene rings is 1. The lowest BCUT2D eigenvalue weighted by Gasteiger charge is -2.02. The van der Waals surface area contributed by atoms with Gasteiger partial charge in [0.25, 0.3) is 0 Å². The second-order valence-electron chi connectivity index (χ2n) is 3.35. The van der Waals surface area contributed by atoms with E-state index in [4.69, 9.17) is 0 Å². The van der Waals surface area contributed by atoms with Crippen molar-refractivity contribution in [3.05, 3.63) is 26.9 Å². The molecule has 0 fully saturated rings. The monoisotopic (exact) mass is 359 g/mol. The van der Waals surface area contributed by atoms with Gasteiger partial charge in [-0.2, -0.15) is 5.10 Å². The second-order valence-corrected chi connectivity index (χ2v) is 5.06. The fourth-order valence-electron chi connectivity index (χ4n) is 1.24. The first-order valence-corrected chi connectivity index (χ1v) is 6.19. The molecule has 2 aromatic rings. The molecule has 0 bridgehead atoms. The van der Waals surface area contributed by atoms with E-state index in [1.807, 2.05) is 0 Å². The van der Waals surface area contributed by atoms with Crippen LogP contribution in [0.1, 0.15) is 17.5 Å². The van der Waals surface area contributed by atoms with Crippen LogP contribution in [-0.2, 0) is 0 Å². The van der Waals surface area contributed by atoms with Crippen LogP contribution in [-0.4, -0.2) is 26.1 Å². The number of hydrogen-bond donors (Lipinski definition) is 2. The quantitative estimate of drug-likeness (QED) is 0.807. The Bertz CT molecular complexity index is 572. The number of halogens is 2. The number of phenolic OH excluding ortho intramolecular Hbond substituents is 1. The molecule has 0 aliphatic heterocycles. The summed E-state index contributed by atoms with van der Waals surface area (Å²) in [5.74, 6) is 0.536. The van der Waals surface area contributed by atoms with Crippen molar-refractivity contribution >= 4 is 37.6 Å². The number of hydrogen-bond acceptors (Lipinski definition) is 4. The summed E-state index contributed by atoms with van der Waals surface area (Å²) in [5, 5.41) is 16.1. The van der Waals surface area contributed by atoms with Crippen LogP contribution in [0.3, 0.4) is 0 Å². The van der Waals surface area contributed by atoms with Crippen LogP contribution in [0.2, 0.25) is 0 Å². The van der Waals surface area contributed by atoms with Crippen LogP contribution in [0.15, 0.2) is 21.1 Å². The predicted octanol–water partition coefficient (Wildman–Crippen LogP) is 2.90. The molecule has 88 valence electrons. The van der Waals surface area contributed by atoms with Crippen LogP contribution in [0.25, 0.3) is 11.4 Å². The maximum Gasteiger partial charge on any atom is 0.196 e. The standard InChI is InChI=1S/C10H7Br2N3O2/c1-4(16)9-13-10(15-14-9)5-2-6(11)8(17)7(12)3-5/h2-3,17H,1H3,(H,13,14,15). The molecular formula is C10H7Br2N3O2. The topological polar surface area (TPSA) is 78.9 Å². The van der Waals surface area contributed by atoms with Crippen LogP contribution < -0.4 is 0 Å². The van der Waals surface area contributed by atoms with E-state index in [1.165, 1.54) is 6.92 Å². The Balaban J connectivity index is 2.49. The summed E-state index contributed by atoms with van der Waals surface area (Å²) in [6, 6.07) is 3.35. The van der Waals surface area contributed by atoms with Gasteiger partial charge in [0, 0.05) is 12.5 Å². The van der Waals surface area contributed by atoms with Crippen molar-refractivity contribution in [3.63, 3.8) is 0 Å².